The van der Waals surface area contributed by atoms with Gasteiger partial charge in [0.1, 0.15) is 5.70 Å². The molecule has 35 heavy (non-hydrogen) atoms. The highest BCUT2D eigenvalue weighted by atomic mass is 35.5. The molecule has 3 aromatic rings. The molecule has 2 amide bonds. The normalized spacial score (nSPS) is 12.1. The molecule has 178 valence electrons. The SMILES string of the molecule is CCOC(=O)c1cccc(NC(=O)/C(=C/c2ccc3c(c2)OCO3)NC(=O)c2ccccc2Cl)c1. The molecule has 9 heteroatoms. The maximum absolute atomic E-state index is 13.2. The lowest BCUT2D eigenvalue weighted by Gasteiger charge is -2.13. The summed E-state index contributed by atoms with van der Waals surface area (Å²) in [6.07, 6.45) is 1.50. The van der Waals surface area contributed by atoms with Gasteiger partial charge in [0.2, 0.25) is 6.79 Å². The monoisotopic (exact) mass is 492 g/mol. The fraction of sp³-hybridized carbons (Fsp3) is 0.115. The van der Waals surface area contributed by atoms with Crippen LogP contribution in [0.1, 0.15) is 33.2 Å². The molecule has 0 aliphatic carbocycles. The molecule has 0 radical (unpaired) electrons. The molecular formula is C26H21ClN2O6. The van der Waals surface area contributed by atoms with Gasteiger partial charge in [0.15, 0.2) is 11.5 Å². The summed E-state index contributed by atoms with van der Waals surface area (Å²) >= 11 is 6.15. The number of esters is 1. The molecule has 0 bridgehead atoms. The van der Waals surface area contributed by atoms with Crippen molar-refractivity contribution in [1.29, 1.82) is 0 Å². The molecule has 0 fully saturated rings. The summed E-state index contributed by atoms with van der Waals surface area (Å²) in [6.45, 7) is 2.04. The van der Waals surface area contributed by atoms with E-state index >= 15 is 0 Å². The number of benzene rings is 3. The number of ether oxygens (including phenoxy) is 3. The van der Waals surface area contributed by atoms with E-state index in [1.54, 1.807) is 67.6 Å². The molecule has 1 aliphatic rings. The average Bonchev–Trinajstić information content (AvgIpc) is 3.32. The lowest BCUT2D eigenvalue weighted by molar-refractivity contribution is -0.113. The molecule has 4 rings (SSSR count). The van der Waals surface area contributed by atoms with E-state index in [0.29, 0.717) is 22.7 Å². The van der Waals surface area contributed by atoms with Crippen molar-refractivity contribution in [1.82, 2.24) is 5.32 Å². The van der Waals surface area contributed by atoms with Gasteiger partial charge < -0.3 is 24.8 Å². The Morgan fingerprint density at radius 1 is 1.00 bits per heavy atom. The van der Waals surface area contributed by atoms with Crippen molar-refractivity contribution in [3.8, 4) is 11.5 Å². The molecule has 0 unspecified atom stereocenters. The van der Waals surface area contributed by atoms with E-state index in [9.17, 15) is 14.4 Å². The number of hydrogen-bond donors (Lipinski definition) is 2. The van der Waals surface area contributed by atoms with Crippen molar-refractivity contribution in [2.45, 2.75) is 6.92 Å². The number of carbonyl (C=O) groups excluding carboxylic acids is 3. The average molecular weight is 493 g/mol. The summed E-state index contributed by atoms with van der Waals surface area (Å²) in [5, 5.41) is 5.58. The first kappa shape index (κ1) is 23.8. The molecule has 2 N–H and O–H groups in total. The lowest BCUT2D eigenvalue weighted by Crippen LogP contribution is -2.31. The van der Waals surface area contributed by atoms with Gasteiger partial charge in [0.05, 0.1) is 22.8 Å². The highest BCUT2D eigenvalue weighted by molar-refractivity contribution is 6.34. The molecule has 1 heterocycles. The van der Waals surface area contributed by atoms with Crippen molar-refractivity contribution < 1.29 is 28.6 Å². The van der Waals surface area contributed by atoms with Crippen LogP contribution in [0.25, 0.3) is 6.08 Å². The first-order valence-electron chi connectivity index (χ1n) is 10.7. The Balaban J connectivity index is 1.63. The van der Waals surface area contributed by atoms with Crippen LogP contribution in [0, 0.1) is 0 Å². The highest BCUT2D eigenvalue weighted by Gasteiger charge is 2.19. The smallest absolute Gasteiger partial charge is 0.338 e. The van der Waals surface area contributed by atoms with E-state index < -0.39 is 17.8 Å². The first-order valence-corrected chi connectivity index (χ1v) is 11.1. The molecule has 0 atom stereocenters. The quantitative estimate of drug-likeness (QED) is 0.367. The van der Waals surface area contributed by atoms with Crippen LogP contribution in [0.2, 0.25) is 5.02 Å². The molecular weight excluding hydrogens is 472 g/mol. The van der Waals surface area contributed by atoms with Crippen LogP contribution in [0.3, 0.4) is 0 Å². The van der Waals surface area contributed by atoms with Gasteiger partial charge in [0, 0.05) is 5.69 Å². The Hall–Kier alpha value is -4.30. The Kier molecular flexibility index (Phi) is 7.32. The predicted molar refractivity (Wildman–Crippen MR) is 130 cm³/mol. The summed E-state index contributed by atoms with van der Waals surface area (Å²) in [7, 11) is 0. The van der Waals surface area contributed by atoms with E-state index in [-0.39, 0.29) is 35.2 Å². The zero-order chi connectivity index (χ0) is 24.8. The minimum absolute atomic E-state index is 0.0460. The van der Waals surface area contributed by atoms with Crippen LogP contribution in [0.5, 0.6) is 11.5 Å². The molecule has 0 saturated carbocycles. The van der Waals surface area contributed by atoms with E-state index in [0.717, 1.165) is 0 Å². The standard InChI is InChI=1S/C26H21ClN2O6/c1-2-33-26(32)17-6-5-7-18(14-17)28-25(31)21(29-24(30)19-8-3-4-9-20(19)27)12-16-10-11-22-23(13-16)35-15-34-22/h3-14H,2,15H2,1H3,(H,28,31)(H,29,30)/b21-12-. The second-order valence-electron chi connectivity index (χ2n) is 7.36. The van der Waals surface area contributed by atoms with Crippen molar-refractivity contribution in [2.75, 3.05) is 18.7 Å². The number of amides is 2. The summed E-state index contributed by atoms with van der Waals surface area (Å²) in [6, 6.07) is 17.9. The third-order valence-electron chi connectivity index (χ3n) is 4.95. The summed E-state index contributed by atoms with van der Waals surface area (Å²) in [4.78, 5) is 38.2. The number of halogens is 1. The second kappa shape index (κ2) is 10.8. The van der Waals surface area contributed by atoms with Crippen molar-refractivity contribution in [2.24, 2.45) is 0 Å². The zero-order valence-corrected chi connectivity index (χ0v) is 19.4. The Morgan fingerprint density at radius 2 is 1.80 bits per heavy atom. The molecule has 1 aliphatic heterocycles. The van der Waals surface area contributed by atoms with Gasteiger partial charge in [-0.2, -0.15) is 0 Å². The van der Waals surface area contributed by atoms with E-state index in [1.807, 2.05) is 0 Å². The van der Waals surface area contributed by atoms with Gasteiger partial charge >= 0.3 is 5.97 Å². The van der Waals surface area contributed by atoms with Gasteiger partial charge in [-0.1, -0.05) is 35.9 Å². The van der Waals surface area contributed by atoms with Gasteiger partial charge in [-0.05, 0) is 61.0 Å². The van der Waals surface area contributed by atoms with Gasteiger partial charge in [-0.15, -0.1) is 0 Å². The molecule has 0 spiro atoms. The number of fused-ring (bicyclic) bond motifs is 1. The fourth-order valence-corrected chi connectivity index (χ4v) is 3.52. The number of rotatable bonds is 7. The molecule has 3 aromatic carbocycles. The number of anilines is 1. The number of hydrogen-bond acceptors (Lipinski definition) is 6. The molecule has 0 aromatic heterocycles. The van der Waals surface area contributed by atoms with Crippen LogP contribution in [0.15, 0.2) is 72.4 Å². The van der Waals surface area contributed by atoms with Crippen LogP contribution in [-0.2, 0) is 9.53 Å². The van der Waals surface area contributed by atoms with Crippen molar-refractivity contribution in [3.63, 3.8) is 0 Å². The highest BCUT2D eigenvalue weighted by Crippen LogP contribution is 2.33. The van der Waals surface area contributed by atoms with Crippen molar-refractivity contribution >= 4 is 41.1 Å². The Bertz CT molecular complexity index is 1320. The minimum Gasteiger partial charge on any atom is -0.462 e. The third-order valence-corrected chi connectivity index (χ3v) is 5.28. The number of carbonyl (C=O) groups is 3. The summed E-state index contributed by atoms with van der Waals surface area (Å²) < 4.78 is 15.7. The van der Waals surface area contributed by atoms with Gasteiger partial charge in [-0.3, -0.25) is 9.59 Å². The van der Waals surface area contributed by atoms with Gasteiger partial charge in [0.25, 0.3) is 11.8 Å². The predicted octanol–water partition coefficient (Wildman–Crippen LogP) is 4.66. The van der Waals surface area contributed by atoms with Gasteiger partial charge in [-0.25, -0.2) is 4.79 Å². The van der Waals surface area contributed by atoms with E-state index in [1.165, 1.54) is 12.1 Å². The minimum atomic E-state index is -0.607. The molecule has 8 nitrogen and oxygen atoms in total. The number of nitrogens with one attached hydrogen (secondary N) is 2. The maximum atomic E-state index is 13.2. The largest absolute Gasteiger partial charge is 0.462 e. The van der Waals surface area contributed by atoms with Crippen LogP contribution >= 0.6 is 11.6 Å². The van der Waals surface area contributed by atoms with Crippen molar-refractivity contribution in [3.05, 3.63) is 94.1 Å². The van der Waals surface area contributed by atoms with E-state index in [2.05, 4.69) is 10.6 Å². The third kappa shape index (κ3) is 5.80. The lowest BCUT2D eigenvalue weighted by atomic mass is 10.1. The Morgan fingerprint density at radius 3 is 2.60 bits per heavy atom. The maximum Gasteiger partial charge on any atom is 0.338 e. The summed E-state index contributed by atoms with van der Waals surface area (Å²) in [5.41, 5.74) is 1.40. The van der Waals surface area contributed by atoms with Crippen LogP contribution in [0.4, 0.5) is 5.69 Å². The Labute approximate surface area is 206 Å². The topological polar surface area (TPSA) is 103 Å². The van der Waals surface area contributed by atoms with Crippen LogP contribution in [-0.4, -0.2) is 31.2 Å². The zero-order valence-electron chi connectivity index (χ0n) is 18.7. The fourth-order valence-electron chi connectivity index (χ4n) is 3.30. The van der Waals surface area contributed by atoms with Crippen LogP contribution < -0.4 is 20.1 Å². The first-order chi connectivity index (χ1) is 16.9. The second-order valence-corrected chi connectivity index (χ2v) is 7.77. The summed E-state index contributed by atoms with van der Waals surface area (Å²) in [5.74, 6) is -0.559. The van der Waals surface area contributed by atoms with E-state index in [4.69, 9.17) is 25.8 Å². The molecule has 0 saturated heterocycles.